The van der Waals surface area contributed by atoms with Gasteiger partial charge in [-0.15, -0.1) is 6.58 Å². The SMILES string of the molecule is C=CCNC(=O)/C=C/C=C(\C)[C@@H]1C/C=C/C=C/[C@H](O)[C@H](C)[C@@H](O)[C@@H](CCC(C)=O)C(=O)N[C@@H](C(C)C)C(=O)NC(c2cccc(O)c2)C(=O)N2CCCC(N2)C(=O)O1. The van der Waals surface area contributed by atoms with Crippen LogP contribution in [0.25, 0.3) is 0 Å². The van der Waals surface area contributed by atoms with Crippen LogP contribution >= 0.6 is 0 Å². The second-order valence-corrected chi connectivity index (χ2v) is 15.0. The standard InChI is InChI=1S/C43H59N5O10/c1-7-23-44-36(52)20-11-14-27(4)35-19-10-8-9-18-34(51)29(6)39(53)32(22-21-28(5)49)40(54)45-37(26(2)3)41(55)46-38(30-15-12-16-31(50)25-30)42(56)48-24-13-17-33(47-48)43(57)58-35/h7-12,14-16,18,20,25-26,29,32-35,37-39,47,50-51,53H,1,13,17,19,21-24H2,2-6H3,(H,44,52)(H,45,54)(H,46,55)/b10-8+,18-9+,20-11+,27-14+/t29-,32+,33?,34-,35-,37-,38?,39+/m0/s1. The average molecular weight is 806 g/mol. The maximum Gasteiger partial charge on any atom is 0.325 e. The number of phenols is 1. The van der Waals surface area contributed by atoms with Crippen molar-refractivity contribution in [3.05, 3.63) is 90.6 Å². The number of benzene rings is 1. The Bertz CT molecular complexity index is 1750. The molecule has 1 fully saturated rings. The molecule has 8 atom stereocenters. The van der Waals surface area contributed by atoms with Gasteiger partial charge in [-0.25, -0.2) is 5.43 Å². The molecule has 58 heavy (non-hydrogen) atoms. The molecule has 2 unspecified atom stereocenters. The van der Waals surface area contributed by atoms with E-state index in [9.17, 15) is 44.1 Å². The van der Waals surface area contributed by atoms with Crippen LogP contribution < -0.4 is 21.4 Å². The number of ketones is 1. The number of Topliss-reactive ketones (excluding diaryl/α,β-unsaturated/α-hetero) is 1. The second kappa shape index (κ2) is 23.1. The number of nitrogens with zero attached hydrogens (tertiary/aromatic N) is 1. The molecule has 2 aliphatic rings. The molecule has 2 bridgehead atoms. The second-order valence-electron chi connectivity index (χ2n) is 15.0. The minimum atomic E-state index is -1.43. The quantitative estimate of drug-likeness (QED) is 0.0789. The lowest BCUT2D eigenvalue weighted by Gasteiger charge is -2.36. The predicted octanol–water partition coefficient (Wildman–Crippen LogP) is 2.76. The molecule has 7 N–H and O–H groups in total. The number of aliphatic hydroxyl groups is 2. The van der Waals surface area contributed by atoms with Gasteiger partial charge in [-0.2, -0.15) is 0 Å². The van der Waals surface area contributed by atoms with E-state index in [1.165, 1.54) is 48.4 Å². The molecule has 1 aromatic rings. The van der Waals surface area contributed by atoms with Crippen LogP contribution in [0.2, 0.25) is 0 Å². The van der Waals surface area contributed by atoms with Gasteiger partial charge < -0.3 is 40.8 Å². The number of amides is 4. The van der Waals surface area contributed by atoms with E-state index in [0.717, 1.165) is 0 Å². The van der Waals surface area contributed by atoms with E-state index in [-0.39, 0.29) is 48.8 Å². The van der Waals surface area contributed by atoms with E-state index in [0.29, 0.717) is 25.0 Å². The molecule has 0 radical (unpaired) electrons. The summed E-state index contributed by atoms with van der Waals surface area (Å²) in [5.41, 5.74) is 3.80. The lowest BCUT2D eigenvalue weighted by Crippen LogP contribution is -2.59. The maximum atomic E-state index is 14.3. The molecule has 0 aliphatic carbocycles. The maximum absolute atomic E-state index is 14.3. The molecular formula is C43H59N5O10. The number of hydrazine groups is 1. The van der Waals surface area contributed by atoms with E-state index < -0.39 is 77.9 Å². The molecule has 15 heteroatoms. The number of allylic oxidation sites excluding steroid dienone is 4. The molecule has 1 aromatic carbocycles. The molecule has 1 saturated heterocycles. The molecule has 3 rings (SSSR count). The highest BCUT2D eigenvalue weighted by molar-refractivity contribution is 5.93. The zero-order chi connectivity index (χ0) is 42.9. The van der Waals surface area contributed by atoms with Crippen molar-refractivity contribution in [3.8, 4) is 5.75 Å². The lowest BCUT2D eigenvalue weighted by atomic mass is 9.84. The summed E-state index contributed by atoms with van der Waals surface area (Å²) in [7, 11) is 0. The largest absolute Gasteiger partial charge is 0.508 e. The van der Waals surface area contributed by atoms with Gasteiger partial charge >= 0.3 is 5.97 Å². The number of carbonyl (C=O) groups excluding carboxylic acids is 6. The van der Waals surface area contributed by atoms with Gasteiger partial charge in [-0.05, 0) is 62.3 Å². The first-order chi connectivity index (χ1) is 27.5. The van der Waals surface area contributed by atoms with Crippen LogP contribution in [0.4, 0.5) is 0 Å². The van der Waals surface area contributed by atoms with Gasteiger partial charge in [0, 0.05) is 37.9 Å². The number of rotatable bonds is 10. The van der Waals surface area contributed by atoms with Crippen LogP contribution in [0.3, 0.4) is 0 Å². The van der Waals surface area contributed by atoms with Crippen molar-refractivity contribution in [2.75, 3.05) is 13.1 Å². The van der Waals surface area contributed by atoms with Crippen molar-refractivity contribution in [1.29, 1.82) is 0 Å². The van der Waals surface area contributed by atoms with Gasteiger partial charge in [-0.3, -0.25) is 29.0 Å². The normalized spacial score (nSPS) is 28.3. The lowest BCUT2D eigenvalue weighted by molar-refractivity contribution is -0.156. The number of phenolic OH excluding ortho intramolecular Hbond substituents is 1. The molecule has 4 amide bonds. The van der Waals surface area contributed by atoms with E-state index >= 15 is 0 Å². The number of hydrogen-bond acceptors (Lipinski definition) is 11. The van der Waals surface area contributed by atoms with Crippen LogP contribution in [0.5, 0.6) is 5.75 Å². The Hall–Kier alpha value is -5.38. The number of fused-ring (bicyclic) bond motifs is 2. The van der Waals surface area contributed by atoms with Crippen LogP contribution in [0.15, 0.2) is 85.0 Å². The number of aromatic hydroxyl groups is 1. The number of cyclic esters (lactones) is 1. The topological polar surface area (TPSA) is 224 Å². The monoisotopic (exact) mass is 805 g/mol. The molecule has 2 aliphatic heterocycles. The summed E-state index contributed by atoms with van der Waals surface area (Å²) in [6.07, 6.45) is 9.76. The third kappa shape index (κ3) is 14.2. The van der Waals surface area contributed by atoms with E-state index in [2.05, 4.69) is 28.0 Å². The van der Waals surface area contributed by atoms with Crippen LogP contribution in [0.1, 0.15) is 78.3 Å². The summed E-state index contributed by atoms with van der Waals surface area (Å²) in [6.45, 7) is 12.1. The summed E-state index contributed by atoms with van der Waals surface area (Å²) in [5, 5.41) is 42.1. The highest BCUT2D eigenvalue weighted by Gasteiger charge is 2.39. The van der Waals surface area contributed by atoms with Crippen molar-refractivity contribution in [1.82, 2.24) is 26.4 Å². The van der Waals surface area contributed by atoms with Gasteiger partial charge in [-0.1, -0.05) is 75.4 Å². The highest BCUT2D eigenvalue weighted by Crippen LogP contribution is 2.26. The fourth-order valence-electron chi connectivity index (χ4n) is 6.48. The minimum absolute atomic E-state index is 0.0368. The minimum Gasteiger partial charge on any atom is -0.508 e. The third-order valence-corrected chi connectivity index (χ3v) is 10.1. The number of esters is 1. The van der Waals surface area contributed by atoms with Crippen molar-refractivity contribution in [2.24, 2.45) is 17.8 Å². The number of ether oxygens (including phenoxy) is 1. The Morgan fingerprint density at radius 2 is 1.83 bits per heavy atom. The fraction of sp³-hybridized carbons (Fsp3) is 0.488. The third-order valence-electron chi connectivity index (χ3n) is 10.1. The predicted molar refractivity (Wildman–Crippen MR) is 217 cm³/mol. The summed E-state index contributed by atoms with van der Waals surface area (Å²) >= 11 is 0. The van der Waals surface area contributed by atoms with Gasteiger partial charge in [0.2, 0.25) is 17.7 Å². The molecule has 0 saturated carbocycles. The van der Waals surface area contributed by atoms with Crippen LogP contribution in [-0.4, -0.2) is 99.2 Å². The summed E-state index contributed by atoms with van der Waals surface area (Å²) in [6, 6.07) is 2.25. The van der Waals surface area contributed by atoms with Crippen LogP contribution in [-0.2, 0) is 33.5 Å². The van der Waals surface area contributed by atoms with Gasteiger partial charge in [0.15, 0.2) is 0 Å². The van der Waals surface area contributed by atoms with Crippen LogP contribution in [0, 0.1) is 17.8 Å². The van der Waals surface area contributed by atoms with Gasteiger partial charge in [0.25, 0.3) is 5.91 Å². The first-order valence-corrected chi connectivity index (χ1v) is 19.6. The number of aliphatic hydroxyl groups excluding tert-OH is 2. The number of nitrogens with one attached hydrogen (secondary N) is 4. The molecule has 0 spiro atoms. The van der Waals surface area contributed by atoms with E-state index in [1.807, 2.05) is 0 Å². The molecule has 316 valence electrons. The van der Waals surface area contributed by atoms with Gasteiger partial charge in [0.05, 0.1) is 18.1 Å². The highest BCUT2D eigenvalue weighted by atomic mass is 16.5. The number of carbonyl (C=O) groups is 6. The van der Waals surface area contributed by atoms with Crippen molar-refractivity contribution >= 4 is 35.4 Å². The smallest absolute Gasteiger partial charge is 0.325 e. The average Bonchev–Trinajstić information content (AvgIpc) is 3.19. The molecule has 0 aromatic heterocycles. The Morgan fingerprint density at radius 3 is 2.50 bits per heavy atom. The fourth-order valence-corrected chi connectivity index (χ4v) is 6.48. The van der Waals surface area contributed by atoms with E-state index in [1.54, 1.807) is 64.1 Å². The van der Waals surface area contributed by atoms with Gasteiger partial charge in [0.1, 0.15) is 35.8 Å². The summed E-state index contributed by atoms with van der Waals surface area (Å²) in [5.74, 6) is -6.05. The van der Waals surface area contributed by atoms with E-state index in [4.69, 9.17) is 4.74 Å². The van der Waals surface area contributed by atoms with Crippen molar-refractivity contribution in [2.45, 2.75) is 103 Å². The first kappa shape index (κ1) is 47.0. The molecular weight excluding hydrogens is 746 g/mol. The van der Waals surface area contributed by atoms with Crippen molar-refractivity contribution in [3.63, 3.8) is 0 Å². The summed E-state index contributed by atoms with van der Waals surface area (Å²) < 4.78 is 5.99. The Morgan fingerprint density at radius 1 is 1.09 bits per heavy atom. The zero-order valence-corrected chi connectivity index (χ0v) is 33.9. The number of hydrogen-bond donors (Lipinski definition) is 7. The first-order valence-electron chi connectivity index (χ1n) is 19.6. The molecule has 2 heterocycles. The molecule has 15 nitrogen and oxygen atoms in total. The Kier molecular flexibility index (Phi) is 18.7. The Labute approximate surface area is 340 Å². The summed E-state index contributed by atoms with van der Waals surface area (Å²) in [4.78, 5) is 80.0. The van der Waals surface area contributed by atoms with Crippen molar-refractivity contribution < 1.29 is 48.8 Å². The zero-order valence-electron chi connectivity index (χ0n) is 33.9. The Balaban J connectivity index is 2.08.